The fourth-order valence-electron chi connectivity index (χ4n) is 2.11. The molecule has 1 aromatic carbocycles. The zero-order chi connectivity index (χ0) is 16.3. The highest BCUT2D eigenvalue weighted by Gasteiger charge is 2.32. The van der Waals surface area contributed by atoms with E-state index in [1.165, 1.54) is 6.92 Å². The van der Waals surface area contributed by atoms with Crippen LogP contribution in [0.2, 0.25) is 0 Å². The third-order valence-corrected chi connectivity index (χ3v) is 3.88. The highest BCUT2D eigenvalue weighted by atomic mass is 16.4. The Morgan fingerprint density at radius 3 is 2.23 bits per heavy atom. The summed E-state index contributed by atoms with van der Waals surface area (Å²) in [4.78, 5) is 34.5. The number of nitrogens with one attached hydrogen (secondary N) is 2. The molecule has 6 heteroatoms. The molecule has 0 bridgehead atoms. The molecule has 0 heterocycles. The molecule has 2 rings (SSSR count). The summed E-state index contributed by atoms with van der Waals surface area (Å²) in [5.41, 5.74) is 0.974. The van der Waals surface area contributed by atoms with Crippen LogP contribution in [-0.2, 0) is 9.59 Å². The molecule has 118 valence electrons. The van der Waals surface area contributed by atoms with Crippen molar-refractivity contribution in [3.05, 3.63) is 29.8 Å². The molecule has 1 aromatic rings. The zero-order valence-corrected chi connectivity index (χ0v) is 12.6. The molecule has 1 aliphatic carbocycles. The molecule has 0 aromatic heterocycles. The van der Waals surface area contributed by atoms with Gasteiger partial charge in [-0.3, -0.25) is 14.4 Å². The van der Waals surface area contributed by atoms with E-state index in [2.05, 4.69) is 10.6 Å². The van der Waals surface area contributed by atoms with Crippen LogP contribution in [0, 0.1) is 11.8 Å². The number of rotatable bonds is 6. The molecule has 0 aliphatic heterocycles. The Bertz CT molecular complexity index is 578. The minimum absolute atomic E-state index is 0.000564. The molecule has 2 unspecified atom stereocenters. The molecule has 1 fully saturated rings. The minimum atomic E-state index is -1.09. The summed E-state index contributed by atoms with van der Waals surface area (Å²) in [5.74, 6) is -1.08. The van der Waals surface area contributed by atoms with Gasteiger partial charge in [0.15, 0.2) is 0 Å². The molecule has 22 heavy (non-hydrogen) atoms. The van der Waals surface area contributed by atoms with E-state index in [0.717, 1.165) is 12.8 Å². The maximum atomic E-state index is 12.0. The van der Waals surface area contributed by atoms with Crippen LogP contribution in [0.5, 0.6) is 0 Å². The van der Waals surface area contributed by atoms with Gasteiger partial charge in [0.1, 0.15) is 6.04 Å². The number of amides is 2. The van der Waals surface area contributed by atoms with E-state index in [-0.39, 0.29) is 11.8 Å². The SMILES string of the molecule is CC(NC(=O)c1ccc(NC(=O)C(C)C2CC2)cc1)C(=O)O. The second-order valence-electron chi connectivity index (χ2n) is 5.73. The second-order valence-corrected chi connectivity index (χ2v) is 5.73. The van der Waals surface area contributed by atoms with E-state index < -0.39 is 17.9 Å². The first-order valence-corrected chi connectivity index (χ1v) is 7.33. The smallest absolute Gasteiger partial charge is 0.325 e. The van der Waals surface area contributed by atoms with Crippen molar-refractivity contribution in [2.45, 2.75) is 32.7 Å². The molecular formula is C16H20N2O4. The first kappa shape index (κ1) is 16.0. The van der Waals surface area contributed by atoms with E-state index in [9.17, 15) is 14.4 Å². The maximum Gasteiger partial charge on any atom is 0.325 e. The summed E-state index contributed by atoms with van der Waals surface area (Å²) in [7, 11) is 0. The summed E-state index contributed by atoms with van der Waals surface area (Å²) in [6, 6.07) is 5.43. The standard InChI is InChI=1S/C16H20N2O4/c1-9(11-3-4-11)14(19)18-13-7-5-12(6-8-13)15(20)17-10(2)16(21)22/h5-11H,3-4H2,1-2H3,(H,17,20)(H,18,19)(H,21,22). The van der Waals surface area contributed by atoms with Crippen LogP contribution in [0.1, 0.15) is 37.0 Å². The highest BCUT2D eigenvalue weighted by molar-refractivity contribution is 5.97. The lowest BCUT2D eigenvalue weighted by molar-refractivity contribution is -0.138. The van der Waals surface area contributed by atoms with Crippen LogP contribution in [-0.4, -0.2) is 28.9 Å². The third kappa shape index (κ3) is 4.07. The molecule has 1 aliphatic rings. The van der Waals surface area contributed by atoms with Crippen molar-refractivity contribution < 1.29 is 19.5 Å². The van der Waals surface area contributed by atoms with E-state index in [1.807, 2.05) is 6.92 Å². The number of aliphatic carboxylic acids is 1. The minimum Gasteiger partial charge on any atom is -0.480 e. The predicted molar refractivity (Wildman–Crippen MR) is 81.5 cm³/mol. The van der Waals surface area contributed by atoms with Gasteiger partial charge >= 0.3 is 5.97 Å². The largest absolute Gasteiger partial charge is 0.480 e. The maximum absolute atomic E-state index is 12.0. The van der Waals surface area contributed by atoms with Gasteiger partial charge in [0.25, 0.3) is 5.91 Å². The van der Waals surface area contributed by atoms with Gasteiger partial charge < -0.3 is 15.7 Å². The van der Waals surface area contributed by atoms with Gasteiger partial charge in [0.2, 0.25) is 5.91 Å². The molecule has 0 saturated heterocycles. The van der Waals surface area contributed by atoms with Crippen molar-refractivity contribution in [1.29, 1.82) is 0 Å². The molecule has 0 radical (unpaired) electrons. The van der Waals surface area contributed by atoms with Crippen LogP contribution in [0.15, 0.2) is 24.3 Å². The Morgan fingerprint density at radius 1 is 1.14 bits per heavy atom. The number of carboxylic acids is 1. The van der Waals surface area contributed by atoms with Gasteiger partial charge in [-0.15, -0.1) is 0 Å². The summed E-state index contributed by atoms with van der Waals surface area (Å²) in [5, 5.41) is 14.0. The van der Waals surface area contributed by atoms with Gasteiger partial charge in [0, 0.05) is 17.2 Å². The van der Waals surface area contributed by atoms with Crippen molar-refractivity contribution in [3.63, 3.8) is 0 Å². The Labute approximate surface area is 128 Å². The summed E-state index contributed by atoms with van der Waals surface area (Å²) < 4.78 is 0. The van der Waals surface area contributed by atoms with E-state index in [1.54, 1.807) is 24.3 Å². The first-order valence-electron chi connectivity index (χ1n) is 7.33. The number of hydrogen-bond donors (Lipinski definition) is 3. The Morgan fingerprint density at radius 2 is 1.73 bits per heavy atom. The lowest BCUT2D eigenvalue weighted by Crippen LogP contribution is -2.38. The van der Waals surface area contributed by atoms with Gasteiger partial charge in [-0.25, -0.2) is 0 Å². The number of carbonyl (C=O) groups excluding carboxylic acids is 2. The van der Waals surface area contributed by atoms with Gasteiger partial charge in [-0.2, -0.15) is 0 Å². The van der Waals surface area contributed by atoms with Crippen molar-refractivity contribution in [2.75, 3.05) is 5.32 Å². The van der Waals surface area contributed by atoms with E-state index in [4.69, 9.17) is 5.11 Å². The fraction of sp³-hybridized carbons (Fsp3) is 0.438. The molecule has 0 spiro atoms. The fourth-order valence-corrected chi connectivity index (χ4v) is 2.11. The third-order valence-electron chi connectivity index (χ3n) is 3.88. The average molecular weight is 304 g/mol. The highest BCUT2D eigenvalue weighted by Crippen LogP contribution is 2.37. The molecule has 2 amide bonds. The van der Waals surface area contributed by atoms with Crippen LogP contribution in [0.3, 0.4) is 0 Å². The van der Waals surface area contributed by atoms with Crippen molar-refractivity contribution in [2.24, 2.45) is 11.8 Å². The van der Waals surface area contributed by atoms with Gasteiger partial charge in [-0.1, -0.05) is 6.92 Å². The Kier molecular flexibility index (Phi) is 4.80. The quantitative estimate of drug-likeness (QED) is 0.747. The van der Waals surface area contributed by atoms with Crippen LogP contribution in [0.25, 0.3) is 0 Å². The lowest BCUT2D eigenvalue weighted by Gasteiger charge is -2.12. The number of carbonyl (C=O) groups is 3. The molecule has 6 nitrogen and oxygen atoms in total. The lowest BCUT2D eigenvalue weighted by atomic mass is 10.1. The van der Waals surface area contributed by atoms with Crippen molar-refractivity contribution >= 4 is 23.5 Å². The number of anilines is 1. The Balaban J connectivity index is 1.93. The normalized spacial score (nSPS) is 16.5. The van der Waals surface area contributed by atoms with Crippen molar-refractivity contribution in [1.82, 2.24) is 5.32 Å². The van der Waals surface area contributed by atoms with Crippen LogP contribution < -0.4 is 10.6 Å². The van der Waals surface area contributed by atoms with E-state index >= 15 is 0 Å². The van der Waals surface area contributed by atoms with Crippen molar-refractivity contribution in [3.8, 4) is 0 Å². The topological polar surface area (TPSA) is 95.5 Å². The monoisotopic (exact) mass is 304 g/mol. The zero-order valence-electron chi connectivity index (χ0n) is 12.6. The number of hydrogen-bond acceptors (Lipinski definition) is 3. The molecule has 3 N–H and O–H groups in total. The summed E-state index contributed by atoms with van der Waals surface area (Å²) in [6.45, 7) is 3.32. The Hall–Kier alpha value is -2.37. The average Bonchev–Trinajstić information content (AvgIpc) is 3.31. The van der Waals surface area contributed by atoms with Gasteiger partial charge in [-0.05, 0) is 49.9 Å². The summed E-state index contributed by atoms with van der Waals surface area (Å²) in [6.07, 6.45) is 2.21. The van der Waals surface area contributed by atoms with E-state index in [0.29, 0.717) is 17.2 Å². The van der Waals surface area contributed by atoms with Crippen LogP contribution in [0.4, 0.5) is 5.69 Å². The van der Waals surface area contributed by atoms with Gasteiger partial charge in [0.05, 0.1) is 0 Å². The first-order chi connectivity index (χ1) is 10.4. The molecule has 1 saturated carbocycles. The predicted octanol–water partition coefficient (Wildman–Crippen LogP) is 1.87. The molecular weight excluding hydrogens is 284 g/mol. The number of carboxylic acid groups (broad SMARTS) is 1. The second kappa shape index (κ2) is 6.60. The van der Waals surface area contributed by atoms with Crippen LogP contribution >= 0.6 is 0 Å². The molecule has 2 atom stereocenters. The summed E-state index contributed by atoms with van der Waals surface area (Å²) >= 11 is 0. The number of benzene rings is 1.